The lowest BCUT2D eigenvalue weighted by Crippen LogP contribution is -2.16. The molecule has 0 spiro atoms. The number of benzene rings is 3. The molecule has 184 valence electrons. The number of aromatic nitrogens is 3. The summed E-state index contributed by atoms with van der Waals surface area (Å²) < 4.78 is 46.0. The molecule has 8 nitrogen and oxygen atoms in total. The summed E-state index contributed by atoms with van der Waals surface area (Å²) in [4.78, 5) is 13.1. The predicted molar refractivity (Wildman–Crippen MR) is 128 cm³/mol. The molecule has 0 atom stereocenters. The molecule has 0 aliphatic heterocycles. The molecule has 36 heavy (non-hydrogen) atoms. The Hall–Kier alpha value is -4.25. The predicted octanol–water partition coefficient (Wildman–Crippen LogP) is 7.13. The number of nitrogens with one attached hydrogen (secondary N) is 1. The van der Waals surface area contributed by atoms with E-state index in [1.807, 2.05) is 0 Å². The monoisotopic (exact) mass is 514 g/mol. The van der Waals surface area contributed by atoms with Crippen molar-refractivity contribution in [2.24, 2.45) is 10.2 Å². The second-order valence-electron chi connectivity index (χ2n) is 7.23. The number of halogens is 4. The third kappa shape index (κ3) is 7.12. The van der Waals surface area contributed by atoms with E-state index in [1.54, 1.807) is 55.6 Å². The highest BCUT2D eigenvalue weighted by molar-refractivity contribution is 6.30. The molecule has 4 rings (SSSR count). The molecular formula is C24H18ClF3N6O2. The zero-order valence-corrected chi connectivity index (χ0v) is 19.5. The van der Waals surface area contributed by atoms with E-state index in [4.69, 9.17) is 16.3 Å². The van der Waals surface area contributed by atoms with E-state index in [1.165, 1.54) is 24.3 Å². The van der Waals surface area contributed by atoms with Crippen LogP contribution < -0.4 is 14.8 Å². The number of alkyl halides is 3. The van der Waals surface area contributed by atoms with Gasteiger partial charge in [0.05, 0.1) is 13.7 Å². The van der Waals surface area contributed by atoms with Gasteiger partial charge in [-0.2, -0.15) is 20.1 Å². The van der Waals surface area contributed by atoms with Gasteiger partial charge < -0.3 is 14.8 Å². The van der Waals surface area contributed by atoms with Crippen LogP contribution >= 0.6 is 11.6 Å². The number of anilines is 2. The molecule has 0 radical (unpaired) electrons. The number of rotatable bonds is 8. The zero-order valence-electron chi connectivity index (χ0n) is 18.7. The Morgan fingerprint density at radius 1 is 0.861 bits per heavy atom. The van der Waals surface area contributed by atoms with Gasteiger partial charge in [-0.3, -0.25) is 0 Å². The van der Waals surface area contributed by atoms with Crippen LogP contribution in [-0.4, -0.2) is 28.4 Å². The fourth-order valence-electron chi connectivity index (χ4n) is 2.97. The second-order valence-corrected chi connectivity index (χ2v) is 7.67. The SMILES string of the molecule is COc1ccc(-c2nc(N=NCc3ccc(OC(F)(F)F)cc3)nc(Nc3ccc(Cl)cc3)n2)cc1. The smallest absolute Gasteiger partial charge is 0.497 e. The first-order valence-electron chi connectivity index (χ1n) is 10.4. The standard InChI is InChI=1S/C24H18ClF3N6O2/c1-35-19-12-4-16(5-13-19)21-31-22(30-18-8-6-17(25)7-9-18)33-23(32-21)34-29-14-15-2-10-20(11-3-15)36-24(26,27)28/h2-13H,14H2,1H3,(H,30,31,32,33). The average molecular weight is 515 g/mol. The number of hydrogen-bond acceptors (Lipinski definition) is 8. The maximum absolute atomic E-state index is 12.3. The Labute approximate surface area is 208 Å². The number of ether oxygens (including phenoxy) is 2. The zero-order chi connectivity index (χ0) is 25.5. The normalized spacial score (nSPS) is 11.5. The van der Waals surface area contributed by atoms with E-state index >= 15 is 0 Å². The molecule has 0 saturated heterocycles. The molecule has 1 heterocycles. The Bertz CT molecular complexity index is 1330. The van der Waals surface area contributed by atoms with Crippen LogP contribution in [0.15, 0.2) is 83.0 Å². The third-order valence-electron chi connectivity index (χ3n) is 4.64. The maximum Gasteiger partial charge on any atom is 0.573 e. The molecule has 0 amide bonds. The van der Waals surface area contributed by atoms with Crippen molar-refractivity contribution in [2.45, 2.75) is 12.9 Å². The van der Waals surface area contributed by atoms with Crippen molar-refractivity contribution in [2.75, 3.05) is 12.4 Å². The first kappa shape index (κ1) is 24.9. The minimum Gasteiger partial charge on any atom is -0.497 e. The molecule has 0 unspecified atom stereocenters. The van der Waals surface area contributed by atoms with Gasteiger partial charge >= 0.3 is 6.36 Å². The molecule has 4 aromatic rings. The fourth-order valence-corrected chi connectivity index (χ4v) is 3.10. The first-order chi connectivity index (χ1) is 17.3. The molecule has 0 aliphatic rings. The van der Waals surface area contributed by atoms with E-state index in [0.29, 0.717) is 33.4 Å². The van der Waals surface area contributed by atoms with Gasteiger partial charge in [0.1, 0.15) is 11.5 Å². The van der Waals surface area contributed by atoms with Crippen molar-refractivity contribution in [3.8, 4) is 22.9 Å². The van der Waals surface area contributed by atoms with Gasteiger partial charge in [-0.1, -0.05) is 23.7 Å². The Morgan fingerprint density at radius 2 is 1.53 bits per heavy atom. The average Bonchev–Trinajstić information content (AvgIpc) is 2.85. The quantitative estimate of drug-likeness (QED) is 0.251. The molecule has 3 aromatic carbocycles. The summed E-state index contributed by atoms with van der Waals surface area (Å²) in [5.74, 6) is 0.998. The van der Waals surface area contributed by atoms with Crippen LogP contribution in [0.2, 0.25) is 5.02 Å². The molecule has 0 saturated carbocycles. The highest BCUT2D eigenvalue weighted by atomic mass is 35.5. The molecule has 0 bridgehead atoms. The van der Waals surface area contributed by atoms with E-state index in [0.717, 1.165) is 0 Å². The highest BCUT2D eigenvalue weighted by Gasteiger charge is 2.30. The van der Waals surface area contributed by atoms with Crippen molar-refractivity contribution >= 4 is 29.2 Å². The fraction of sp³-hybridized carbons (Fsp3) is 0.125. The number of hydrogen-bond donors (Lipinski definition) is 1. The topological polar surface area (TPSA) is 93.9 Å². The van der Waals surface area contributed by atoms with Crippen LogP contribution in [0.4, 0.5) is 30.8 Å². The van der Waals surface area contributed by atoms with E-state index < -0.39 is 6.36 Å². The first-order valence-corrected chi connectivity index (χ1v) is 10.8. The lowest BCUT2D eigenvalue weighted by Gasteiger charge is -2.08. The van der Waals surface area contributed by atoms with Crippen LogP contribution in [0.25, 0.3) is 11.4 Å². The summed E-state index contributed by atoms with van der Waals surface area (Å²) in [6.07, 6.45) is -4.75. The lowest BCUT2D eigenvalue weighted by atomic mass is 10.2. The van der Waals surface area contributed by atoms with Crippen LogP contribution in [-0.2, 0) is 6.54 Å². The van der Waals surface area contributed by atoms with Gasteiger partial charge in [-0.05, 0) is 66.2 Å². The molecule has 0 aliphatic carbocycles. The minimum atomic E-state index is -4.75. The van der Waals surface area contributed by atoms with Crippen molar-refractivity contribution in [3.63, 3.8) is 0 Å². The van der Waals surface area contributed by atoms with E-state index in [-0.39, 0.29) is 24.2 Å². The van der Waals surface area contributed by atoms with Crippen molar-refractivity contribution < 1.29 is 22.6 Å². The number of methoxy groups -OCH3 is 1. The summed E-state index contributed by atoms with van der Waals surface area (Å²) in [5, 5.41) is 11.8. The Morgan fingerprint density at radius 3 is 2.17 bits per heavy atom. The largest absolute Gasteiger partial charge is 0.573 e. The molecule has 1 aromatic heterocycles. The number of azo groups is 1. The summed E-state index contributed by atoms with van der Waals surface area (Å²) >= 11 is 5.95. The van der Waals surface area contributed by atoms with Gasteiger partial charge in [-0.25, -0.2) is 0 Å². The van der Waals surface area contributed by atoms with Gasteiger partial charge in [0, 0.05) is 16.3 Å². The van der Waals surface area contributed by atoms with E-state index in [2.05, 4.69) is 35.2 Å². The summed E-state index contributed by atoms with van der Waals surface area (Å²) in [6.45, 7) is 0.0931. The minimum absolute atomic E-state index is 0.0457. The van der Waals surface area contributed by atoms with Crippen molar-refractivity contribution in [1.29, 1.82) is 0 Å². The molecule has 0 fully saturated rings. The summed E-state index contributed by atoms with van der Waals surface area (Å²) in [5.41, 5.74) is 2.03. The van der Waals surface area contributed by atoms with Gasteiger partial charge in [0.2, 0.25) is 5.95 Å². The Kier molecular flexibility index (Phi) is 7.59. The second kappa shape index (κ2) is 11.0. The van der Waals surface area contributed by atoms with Crippen LogP contribution in [0.5, 0.6) is 11.5 Å². The highest BCUT2D eigenvalue weighted by Crippen LogP contribution is 2.25. The van der Waals surface area contributed by atoms with Crippen molar-refractivity contribution in [1.82, 2.24) is 15.0 Å². The lowest BCUT2D eigenvalue weighted by molar-refractivity contribution is -0.274. The Balaban J connectivity index is 1.56. The summed E-state index contributed by atoms with van der Waals surface area (Å²) in [6, 6.07) is 19.5. The third-order valence-corrected chi connectivity index (χ3v) is 4.89. The molecular weight excluding hydrogens is 497 g/mol. The van der Waals surface area contributed by atoms with Gasteiger partial charge in [-0.15, -0.1) is 18.3 Å². The van der Waals surface area contributed by atoms with Crippen LogP contribution in [0, 0.1) is 0 Å². The van der Waals surface area contributed by atoms with Gasteiger partial charge in [0.15, 0.2) is 5.82 Å². The van der Waals surface area contributed by atoms with E-state index in [9.17, 15) is 13.2 Å². The molecule has 1 N–H and O–H groups in total. The molecule has 12 heteroatoms. The van der Waals surface area contributed by atoms with Crippen LogP contribution in [0.3, 0.4) is 0 Å². The van der Waals surface area contributed by atoms with Gasteiger partial charge in [0.25, 0.3) is 5.95 Å². The number of nitrogens with zero attached hydrogens (tertiary/aromatic N) is 5. The summed E-state index contributed by atoms with van der Waals surface area (Å²) in [7, 11) is 1.57. The van der Waals surface area contributed by atoms with Crippen LogP contribution in [0.1, 0.15) is 5.56 Å². The van der Waals surface area contributed by atoms with Crippen molar-refractivity contribution in [3.05, 3.63) is 83.4 Å². The maximum atomic E-state index is 12.3.